The number of nitrogens with one attached hydrogen (secondary N) is 1. The standard InChI is InChI=1S/C19H14BrFN4OS/c1-11-8-17-23-24-19(25(17)16-5-3-2-4-13(11)16)27-10-18(26)22-15-7-6-12(20)9-14(15)21/h2-9H,10H2,1H3,(H,22,26). The molecule has 1 amide bonds. The molecule has 0 unspecified atom stereocenters. The summed E-state index contributed by atoms with van der Waals surface area (Å²) in [6.45, 7) is 2.03. The van der Waals surface area contributed by atoms with Gasteiger partial charge in [0.2, 0.25) is 5.91 Å². The summed E-state index contributed by atoms with van der Waals surface area (Å²) < 4.78 is 16.4. The van der Waals surface area contributed by atoms with Gasteiger partial charge in [0, 0.05) is 9.86 Å². The van der Waals surface area contributed by atoms with Gasteiger partial charge in [-0.1, -0.05) is 45.9 Å². The summed E-state index contributed by atoms with van der Waals surface area (Å²) in [6, 6.07) is 14.5. The molecular formula is C19H14BrFN4OS. The number of hydrogen-bond donors (Lipinski definition) is 1. The molecule has 0 aliphatic heterocycles. The maximum atomic E-state index is 13.9. The first-order chi connectivity index (χ1) is 13.0. The summed E-state index contributed by atoms with van der Waals surface area (Å²) in [7, 11) is 0. The third kappa shape index (κ3) is 3.54. The van der Waals surface area contributed by atoms with Crippen molar-refractivity contribution in [1.82, 2.24) is 14.6 Å². The van der Waals surface area contributed by atoms with Crippen LogP contribution in [0, 0.1) is 12.7 Å². The molecule has 0 atom stereocenters. The molecule has 0 fully saturated rings. The Morgan fingerprint density at radius 2 is 2.04 bits per heavy atom. The largest absolute Gasteiger partial charge is 0.323 e. The topological polar surface area (TPSA) is 59.3 Å². The fraction of sp³-hybridized carbons (Fsp3) is 0.105. The Hall–Kier alpha value is -2.45. The molecule has 2 aromatic carbocycles. The number of rotatable bonds is 4. The van der Waals surface area contributed by atoms with Crippen LogP contribution in [0.4, 0.5) is 10.1 Å². The van der Waals surface area contributed by atoms with Gasteiger partial charge >= 0.3 is 0 Å². The van der Waals surface area contributed by atoms with Gasteiger partial charge in [-0.3, -0.25) is 9.20 Å². The van der Waals surface area contributed by atoms with Crippen LogP contribution >= 0.6 is 27.7 Å². The van der Waals surface area contributed by atoms with Crippen LogP contribution in [0.2, 0.25) is 0 Å². The third-order valence-electron chi connectivity index (χ3n) is 4.11. The van der Waals surface area contributed by atoms with Gasteiger partial charge in [-0.2, -0.15) is 0 Å². The van der Waals surface area contributed by atoms with Crippen molar-refractivity contribution in [3.8, 4) is 0 Å². The molecule has 27 heavy (non-hydrogen) atoms. The van der Waals surface area contributed by atoms with Crippen molar-refractivity contribution in [3.05, 3.63) is 64.4 Å². The number of halogens is 2. The van der Waals surface area contributed by atoms with E-state index >= 15 is 0 Å². The molecule has 2 heterocycles. The number of hydrogen-bond acceptors (Lipinski definition) is 4. The molecule has 2 aromatic heterocycles. The van der Waals surface area contributed by atoms with Gasteiger partial charge in [0.25, 0.3) is 0 Å². The molecule has 0 saturated heterocycles. The second-order valence-corrected chi connectivity index (χ2v) is 7.84. The predicted molar refractivity (Wildman–Crippen MR) is 109 cm³/mol. The molecule has 136 valence electrons. The number of aromatic nitrogens is 3. The lowest BCUT2D eigenvalue weighted by Gasteiger charge is -2.08. The Morgan fingerprint density at radius 1 is 1.22 bits per heavy atom. The summed E-state index contributed by atoms with van der Waals surface area (Å²) in [5.74, 6) is -0.704. The normalized spacial score (nSPS) is 11.2. The van der Waals surface area contributed by atoms with E-state index < -0.39 is 5.82 Å². The maximum Gasteiger partial charge on any atom is 0.234 e. The van der Waals surface area contributed by atoms with E-state index in [0.717, 1.165) is 22.1 Å². The summed E-state index contributed by atoms with van der Waals surface area (Å²) in [5, 5.41) is 12.7. The van der Waals surface area contributed by atoms with E-state index in [0.29, 0.717) is 9.63 Å². The molecule has 8 heteroatoms. The summed E-state index contributed by atoms with van der Waals surface area (Å²) in [4.78, 5) is 12.2. The van der Waals surface area contributed by atoms with E-state index in [2.05, 4.69) is 31.4 Å². The molecule has 0 spiro atoms. The molecule has 0 saturated carbocycles. The lowest BCUT2D eigenvalue weighted by molar-refractivity contribution is -0.113. The van der Waals surface area contributed by atoms with Crippen molar-refractivity contribution in [1.29, 1.82) is 0 Å². The number of benzene rings is 2. The first kappa shape index (κ1) is 17.9. The second kappa shape index (κ2) is 7.28. The molecule has 1 N–H and O–H groups in total. The number of carbonyl (C=O) groups is 1. The Balaban J connectivity index is 1.57. The number of anilines is 1. The van der Waals surface area contributed by atoms with Crippen LogP contribution in [0.3, 0.4) is 0 Å². The zero-order valence-electron chi connectivity index (χ0n) is 14.2. The SMILES string of the molecule is Cc1cc2nnc(SCC(=O)Nc3ccc(Br)cc3F)n2c2ccccc12. The van der Waals surface area contributed by atoms with Crippen molar-refractivity contribution in [3.63, 3.8) is 0 Å². The van der Waals surface area contributed by atoms with Gasteiger partial charge < -0.3 is 5.32 Å². The van der Waals surface area contributed by atoms with E-state index in [1.165, 1.54) is 23.9 Å². The van der Waals surface area contributed by atoms with Crippen LogP contribution in [-0.4, -0.2) is 26.3 Å². The zero-order valence-corrected chi connectivity index (χ0v) is 16.6. The van der Waals surface area contributed by atoms with Gasteiger partial charge in [0.05, 0.1) is 17.0 Å². The molecule has 5 nitrogen and oxygen atoms in total. The zero-order chi connectivity index (χ0) is 19.0. The highest BCUT2D eigenvalue weighted by atomic mass is 79.9. The lowest BCUT2D eigenvalue weighted by Crippen LogP contribution is -2.15. The average molecular weight is 445 g/mol. The Bertz CT molecular complexity index is 1180. The second-order valence-electron chi connectivity index (χ2n) is 5.98. The monoisotopic (exact) mass is 444 g/mol. The van der Waals surface area contributed by atoms with Crippen LogP contribution in [0.5, 0.6) is 0 Å². The number of amides is 1. The predicted octanol–water partition coefficient (Wildman–Crippen LogP) is 4.82. The van der Waals surface area contributed by atoms with Crippen molar-refractivity contribution in [2.24, 2.45) is 0 Å². The summed E-state index contributed by atoms with van der Waals surface area (Å²) in [6.07, 6.45) is 0. The maximum absolute atomic E-state index is 13.9. The minimum atomic E-state index is -0.489. The van der Waals surface area contributed by atoms with Crippen molar-refractivity contribution < 1.29 is 9.18 Å². The lowest BCUT2D eigenvalue weighted by atomic mass is 10.1. The molecule has 4 rings (SSSR count). The van der Waals surface area contributed by atoms with E-state index in [-0.39, 0.29) is 17.3 Å². The summed E-state index contributed by atoms with van der Waals surface area (Å²) in [5.41, 5.74) is 2.98. The molecular weight excluding hydrogens is 431 g/mol. The fourth-order valence-corrected chi connectivity index (χ4v) is 3.96. The van der Waals surface area contributed by atoms with Crippen LogP contribution in [0.1, 0.15) is 5.56 Å². The first-order valence-corrected chi connectivity index (χ1v) is 9.92. The minimum absolute atomic E-state index is 0.0957. The highest BCUT2D eigenvalue weighted by Crippen LogP contribution is 2.26. The van der Waals surface area contributed by atoms with E-state index in [1.54, 1.807) is 6.07 Å². The number of pyridine rings is 1. The van der Waals surface area contributed by atoms with Crippen LogP contribution in [-0.2, 0) is 4.79 Å². The van der Waals surface area contributed by atoms with Gasteiger partial charge in [-0.25, -0.2) is 4.39 Å². The van der Waals surface area contributed by atoms with Gasteiger partial charge in [-0.05, 0) is 42.8 Å². The fourth-order valence-electron chi connectivity index (χ4n) is 2.88. The molecule has 0 aliphatic carbocycles. The van der Waals surface area contributed by atoms with Crippen LogP contribution in [0.15, 0.2) is 58.2 Å². The molecule has 0 aliphatic rings. The Morgan fingerprint density at radius 3 is 2.85 bits per heavy atom. The number of para-hydroxylation sites is 1. The van der Waals surface area contributed by atoms with E-state index in [4.69, 9.17) is 0 Å². The smallest absolute Gasteiger partial charge is 0.234 e. The average Bonchev–Trinajstić information content (AvgIpc) is 3.05. The Labute approximate surface area is 167 Å². The van der Waals surface area contributed by atoms with Crippen LogP contribution < -0.4 is 5.32 Å². The van der Waals surface area contributed by atoms with Crippen molar-refractivity contribution in [2.45, 2.75) is 12.1 Å². The van der Waals surface area contributed by atoms with Crippen LogP contribution in [0.25, 0.3) is 16.6 Å². The van der Waals surface area contributed by atoms with Gasteiger partial charge in [-0.15, -0.1) is 10.2 Å². The number of carbonyl (C=O) groups excluding carboxylic acids is 1. The van der Waals surface area contributed by atoms with Gasteiger partial charge in [0.15, 0.2) is 10.8 Å². The number of fused-ring (bicyclic) bond motifs is 3. The molecule has 4 aromatic rings. The van der Waals surface area contributed by atoms with E-state index in [9.17, 15) is 9.18 Å². The third-order valence-corrected chi connectivity index (χ3v) is 5.53. The van der Waals surface area contributed by atoms with Gasteiger partial charge in [0.1, 0.15) is 5.82 Å². The molecule has 0 radical (unpaired) electrons. The Kier molecular flexibility index (Phi) is 4.84. The number of nitrogens with zero attached hydrogens (tertiary/aromatic N) is 3. The highest BCUT2D eigenvalue weighted by molar-refractivity contribution is 9.10. The van der Waals surface area contributed by atoms with E-state index in [1.807, 2.05) is 41.7 Å². The number of thioether (sulfide) groups is 1. The number of aryl methyl sites for hydroxylation is 1. The quantitative estimate of drug-likeness (QED) is 0.458. The minimum Gasteiger partial charge on any atom is -0.323 e. The van der Waals surface area contributed by atoms with Crippen molar-refractivity contribution >= 4 is 55.8 Å². The van der Waals surface area contributed by atoms with Crippen molar-refractivity contribution in [2.75, 3.05) is 11.1 Å². The summed E-state index contributed by atoms with van der Waals surface area (Å²) >= 11 is 4.45. The highest BCUT2D eigenvalue weighted by Gasteiger charge is 2.14. The molecule has 0 bridgehead atoms. The first-order valence-electron chi connectivity index (χ1n) is 8.14.